The molecule has 0 bridgehead atoms. The third-order valence-corrected chi connectivity index (χ3v) is 4.81. The fraction of sp³-hybridized carbons (Fsp3) is 0.421. The van der Waals surface area contributed by atoms with E-state index < -0.39 is 0 Å². The predicted molar refractivity (Wildman–Crippen MR) is 125 cm³/mol. The van der Waals surface area contributed by atoms with Crippen LogP contribution in [0.4, 0.5) is 0 Å². The van der Waals surface area contributed by atoms with Crippen molar-refractivity contribution in [1.82, 2.24) is 20.9 Å². The molecule has 0 aliphatic carbocycles. The number of rotatable bonds is 8. The van der Waals surface area contributed by atoms with E-state index in [0.29, 0.717) is 31.3 Å². The Kier molecular flexibility index (Phi) is 10.8. The average molecular weight is 517 g/mol. The number of hydrogen-bond donors (Lipinski definition) is 3. The Morgan fingerprint density at radius 1 is 1.21 bits per heavy atom. The van der Waals surface area contributed by atoms with Crippen LogP contribution in [0, 0.1) is 13.8 Å². The van der Waals surface area contributed by atoms with E-state index in [9.17, 15) is 4.79 Å². The normalized spacial score (nSPS) is 10.8. The number of carbonyl (C=O) groups is 1. The van der Waals surface area contributed by atoms with Gasteiger partial charge in [-0.1, -0.05) is 12.1 Å². The summed E-state index contributed by atoms with van der Waals surface area (Å²) in [4.78, 5) is 21.4. The molecule has 3 N–H and O–H groups in total. The number of aryl methyl sites for hydroxylation is 2. The van der Waals surface area contributed by atoms with E-state index in [1.54, 1.807) is 18.4 Å². The molecular weight excluding hydrogens is 489 g/mol. The first-order valence-electron chi connectivity index (χ1n) is 8.87. The second-order valence-electron chi connectivity index (χ2n) is 5.91. The number of nitrogens with one attached hydrogen (secondary N) is 3. The number of hydrogen-bond acceptors (Lipinski definition) is 5. The molecule has 9 heteroatoms. The summed E-state index contributed by atoms with van der Waals surface area (Å²) in [5.41, 5.74) is 2.09. The molecule has 0 saturated heterocycles. The number of halogens is 1. The minimum atomic E-state index is -0.126. The third-order valence-electron chi connectivity index (χ3n) is 3.74. The molecule has 0 aliphatic rings. The van der Waals surface area contributed by atoms with Gasteiger partial charge in [0.25, 0.3) is 5.91 Å². The molecule has 0 atom stereocenters. The number of likely N-dealkylation sites (N-methyl/N-ethyl adjacent to an activating group) is 1. The molecule has 0 spiro atoms. The van der Waals surface area contributed by atoms with Gasteiger partial charge < -0.3 is 20.7 Å². The van der Waals surface area contributed by atoms with Gasteiger partial charge in [0.15, 0.2) is 12.6 Å². The summed E-state index contributed by atoms with van der Waals surface area (Å²) in [6.45, 7) is 7.80. The Morgan fingerprint density at radius 3 is 2.61 bits per heavy atom. The standard InChI is InChI=1S/C19H27N5O2S.HI/c1-5-21-18(25)12-26-16-8-6-7-15(9-16)10-22-19(20-4)23-11-17-13(2)24-14(3)27-17;/h6-9H,5,10-12H2,1-4H3,(H,21,25)(H2,20,22,23);1H. The number of guanidine groups is 1. The van der Waals surface area contributed by atoms with Crippen LogP contribution in [0.25, 0.3) is 0 Å². The zero-order valence-corrected chi connectivity index (χ0v) is 19.8. The maximum absolute atomic E-state index is 11.5. The molecule has 28 heavy (non-hydrogen) atoms. The number of benzene rings is 1. The molecule has 154 valence electrons. The van der Waals surface area contributed by atoms with E-state index in [1.807, 2.05) is 45.0 Å². The monoisotopic (exact) mass is 517 g/mol. The van der Waals surface area contributed by atoms with E-state index in [0.717, 1.165) is 16.3 Å². The summed E-state index contributed by atoms with van der Waals surface area (Å²) in [6, 6.07) is 7.65. The molecule has 1 heterocycles. The van der Waals surface area contributed by atoms with Gasteiger partial charge in [-0.25, -0.2) is 4.98 Å². The molecule has 2 aromatic rings. The highest BCUT2D eigenvalue weighted by Crippen LogP contribution is 2.16. The molecule has 1 aromatic heterocycles. The zero-order valence-electron chi connectivity index (χ0n) is 16.7. The Morgan fingerprint density at radius 2 is 1.96 bits per heavy atom. The molecule has 0 radical (unpaired) electrons. The van der Waals surface area contributed by atoms with Crippen molar-refractivity contribution in [1.29, 1.82) is 0 Å². The van der Waals surface area contributed by atoms with Gasteiger partial charge >= 0.3 is 0 Å². The maximum atomic E-state index is 11.5. The average Bonchev–Trinajstić information content (AvgIpc) is 2.98. The summed E-state index contributed by atoms with van der Waals surface area (Å²) in [7, 11) is 1.74. The molecule has 1 amide bonds. The third kappa shape index (κ3) is 8.01. The Labute approximate surface area is 187 Å². The lowest BCUT2D eigenvalue weighted by Crippen LogP contribution is -2.36. The zero-order chi connectivity index (χ0) is 19.6. The van der Waals surface area contributed by atoms with Crippen LogP contribution in [0.15, 0.2) is 29.3 Å². The predicted octanol–water partition coefficient (Wildman–Crippen LogP) is 2.76. The highest BCUT2D eigenvalue weighted by atomic mass is 127. The summed E-state index contributed by atoms with van der Waals surface area (Å²) >= 11 is 1.69. The van der Waals surface area contributed by atoms with Crippen molar-refractivity contribution < 1.29 is 9.53 Å². The summed E-state index contributed by atoms with van der Waals surface area (Å²) < 4.78 is 5.52. The summed E-state index contributed by atoms with van der Waals surface area (Å²) in [6.07, 6.45) is 0. The van der Waals surface area contributed by atoms with Crippen LogP contribution in [0.3, 0.4) is 0 Å². The number of ether oxygens (including phenoxy) is 1. The summed E-state index contributed by atoms with van der Waals surface area (Å²) in [5.74, 6) is 1.26. The van der Waals surface area contributed by atoms with Gasteiger partial charge in [-0.05, 0) is 38.5 Å². The maximum Gasteiger partial charge on any atom is 0.257 e. The van der Waals surface area contributed by atoms with Crippen LogP contribution in [0.2, 0.25) is 0 Å². The molecule has 0 aliphatic heterocycles. The van der Waals surface area contributed by atoms with Crippen molar-refractivity contribution in [3.63, 3.8) is 0 Å². The molecule has 7 nitrogen and oxygen atoms in total. The molecule has 0 unspecified atom stereocenters. The van der Waals surface area contributed by atoms with Crippen LogP contribution >= 0.6 is 35.3 Å². The van der Waals surface area contributed by atoms with Crippen molar-refractivity contribution in [2.75, 3.05) is 20.2 Å². The first-order valence-corrected chi connectivity index (χ1v) is 9.69. The topological polar surface area (TPSA) is 87.6 Å². The lowest BCUT2D eigenvalue weighted by molar-refractivity contribution is -0.122. The Hall–Kier alpha value is -1.88. The molecule has 1 aromatic carbocycles. The van der Waals surface area contributed by atoms with Gasteiger partial charge in [0.2, 0.25) is 0 Å². The minimum Gasteiger partial charge on any atom is -0.484 e. The largest absolute Gasteiger partial charge is 0.484 e. The fourth-order valence-corrected chi connectivity index (χ4v) is 3.33. The first kappa shape index (κ1) is 24.2. The van der Waals surface area contributed by atoms with Crippen LogP contribution in [0.5, 0.6) is 5.75 Å². The van der Waals surface area contributed by atoms with Gasteiger partial charge in [-0.15, -0.1) is 35.3 Å². The number of thiazole rings is 1. The van der Waals surface area contributed by atoms with Crippen molar-refractivity contribution in [2.45, 2.75) is 33.9 Å². The van der Waals surface area contributed by atoms with Gasteiger partial charge in [-0.2, -0.15) is 0 Å². The van der Waals surface area contributed by atoms with E-state index in [4.69, 9.17) is 4.74 Å². The SMILES string of the molecule is CCNC(=O)COc1cccc(CNC(=NC)NCc2sc(C)nc2C)c1.I. The van der Waals surface area contributed by atoms with Crippen LogP contribution in [0.1, 0.15) is 28.1 Å². The number of aliphatic imine (C=N–C) groups is 1. The van der Waals surface area contributed by atoms with Crippen molar-refractivity contribution in [2.24, 2.45) is 4.99 Å². The highest BCUT2D eigenvalue weighted by Gasteiger charge is 2.06. The summed E-state index contributed by atoms with van der Waals surface area (Å²) in [5, 5.41) is 10.4. The quantitative estimate of drug-likeness (QED) is 0.285. The molecule has 2 rings (SSSR count). The first-order chi connectivity index (χ1) is 13.0. The van der Waals surface area contributed by atoms with Crippen LogP contribution in [-0.4, -0.2) is 37.1 Å². The Bertz CT molecular complexity index is 794. The van der Waals surface area contributed by atoms with Gasteiger partial charge in [0.1, 0.15) is 5.75 Å². The number of carbonyl (C=O) groups excluding carboxylic acids is 1. The molecule has 0 fully saturated rings. The van der Waals surface area contributed by atoms with Crippen molar-refractivity contribution in [3.8, 4) is 5.75 Å². The van der Waals surface area contributed by atoms with Gasteiger partial charge in [0.05, 0.1) is 17.2 Å². The van der Waals surface area contributed by atoms with Gasteiger partial charge in [-0.3, -0.25) is 9.79 Å². The number of aromatic nitrogens is 1. The number of nitrogens with zero attached hydrogens (tertiary/aromatic N) is 2. The smallest absolute Gasteiger partial charge is 0.257 e. The van der Waals surface area contributed by atoms with Gasteiger partial charge in [0, 0.05) is 25.0 Å². The second kappa shape index (κ2) is 12.6. The van der Waals surface area contributed by atoms with Crippen molar-refractivity contribution >= 4 is 47.2 Å². The Balaban J connectivity index is 0.00000392. The highest BCUT2D eigenvalue weighted by molar-refractivity contribution is 14.0. The van der Waals surface area contributed by atoms with Crippen molar-refractivity contribution in [3.05, 3.63) is 45.4 Å². The lowest BCUT2D eigenvalue weighted by Gasteiger charge is -2.12. The molecular formula is C19H28IN5O2S. The van der Waals surface area contributed by atoms with E-state index in [-0.39, 0.29) is 36.5 Å². The van der Waals surface area contributed by atoms with E-state index >= 15 is 0 Å². The van der Waals surface area contributed by atoms with Crippen LogP contribution < -0.4 is 20.7 Å². The van der Waals surface area contributed by atoms with Crippen LogP contribution in [-0.2, 0) is 17.9 Å². The van der Waals surface area contributed by atoms with E-state index in [1.165, 1.54) is 4.88 Å². The molecule has 0 saturated carbocycles. The number of amides is 1. The lowest BCUT2D eigenvalue weighted by atomic mass is 10.2. The second-order valence-corrected chi connectivity index (χ2v) is 7.20. The minimum absolute atomic E-state index is 0. The van der Waals surface area contributed by atoms with E-state index in [2.05, 4.69) is 25.9 Å². The fourth-order valence-electron chi connectivity index (χ4n) is 2.45.